The van der Waals surface area contributed by atoms with Gasteiger partial charge < -0.3 is 9.88 Å². The third-order valence-electron chi connectivity index (χ3n) is 2.96. The molecule has 0 fully saturated rings. The molecule has 102 valence electrons. The summed E-state index contributed by atoms with van der Waals surface area (Å²) in [4.78, 5) is 12.4. The minimum Gasteiger partial charge on any atom is -0.335 e. The second-order valence-corrected chi connectivity index (χ2v) is 4.91. The molecule has 2 heterocycles. The van der Waals surface area contributed by atoms with Gasteiger partial charge in [-0.05, 0) is 13.0 Å². The third kappa shape index (κ3) is 4.13. The van der Waals surface area contributed by atoms with Gasteiger partial charge >= 0.3 is 0 Å². The number of nitrogens with one attached hydrogen (secondary N) is 1. The number of hydrogen-bond acceptors (Lipinski definition) is 4. The van der Waals surface area contributed by atoms with Crippen LogP contribution in [0.1, 0.15) is 37.6 Å². The molecule has 0 saturated heterocycles. The first-order chi connectivity index (χ1) is 9.27. The molecule has 0 aliphatic heterocycles. The quantitative estimate of drug-likeness (QED) is 0.772. The zero-order valence-corrected chi connectivity index (χ0v) is 11.6. The molecule has 0 bridgehead atoms. The number of aromatic nitrogens is 4. The van der Waals surface area contributed by atoms with Crippen molar-refractivity contribution in [3.05, 3.63) is 42.5 Å². The normalized spacial score (nSPS) is 11.1. The van der Waals surface area contributed by atoms with Gasteiger partial charge in [0.25, 0.3) is 0 Å². The van der Waals surface area contributed by atoms with Crippen LogP contribution < -0.4 is 5.32 Å². The van der Waals surface area contributed by atoms with E-state index in [1.54, 1.807) is 6.33 Å². The summed E-state index contributed by atoms with van der Waals surface area (Å²) in [7, 11) is 0. The van der Waals surface area contributed by atoms with Crippen molar-refractivity contribution in [3.63, 3.8) is 0 Å². The second kappa shape index (κ2) is 6.99. The number of hydrogen-bond donors (Lipinski definition) is 1. The molecule has 0 aliphatic carbocycles. The molecule has 2 aromatic heterocycles. The van der Waals surface area contributed by atoms with Crippen molar-refractivity contribution in [2.24, 2.45) is 0 Å². The van der Waals surface area contributed by atoms with Crippen LogP contribution >= 0.6 is 0 Å². The van der Waals surface area contributed by atoms with Gasteiger partial charge in [0.2, 0.25) is 0 Å². The molecular weight excluding hydrogens is 238 g/mol. The minimum atomic E-state index is 0.476. The number of nitrogens with zero attached hydrogens (tertiary/aromatic N) is 4. The fourth-order valence-electron chi connectivity index (χ4n) is 2.04. The summed E-state index contributed by atoms with van der Waals surface area (Å²) in [5.74, 6) is 1.64. The summed E-state index contributed by atoms with van der Waals surface area (Å²) >= 11 is 0. The first-order valence-electron chi connectivity index (χ1n) is 6.73. The molecule has 1 N–H and O–H groups in total. The maximum absolute atomic E-state index is 4.39. The van der Waals surface area contributed by atoms with Gasteiger partial charge in [-0.15, -0.1) is 0 Å². The van der Waals surface area contributed by atoms with E-state index < -0.39 is 0 Å². The lowest BCUT2D eigenvalue weighted by atomic mass is 10.2. The largest absolute Gasteiger partial charge is 0.335 e. The van der Waals surface area contributed by atoms with E-state index in [1.807, 2.05) is 18.6 Å². The highest BCUT2D eigenvalue weighted by atomic mass is 15.1. The average Bonchev–Trinajstić information content (AvgIpc) is 2.88. The Kier molecular flexibility index (Phi) is 5.03. The first-order valence-corrected chi connectivity index (χ1v) is 6.73. The predicted octanol–water partition coefficient (Wildman–Crippen LogP) is 1.98. The highest BCUT2D eigenvalue weighted by molar-refractivity contribution is 5.01. The highest BCUT2D eigenvalue weighted by Crippen LogP contribution is 2.11. The lowest BCUT2D eigenvalue weighted by molar-refractivity contribution is 0.553. The van der Waals surface area contributed by atoms with Crippen LogP contribution in [0.3, 0.4) is 0 Å². The fourth-order valence-corrected chi connectivity index (χ4v) is 2.04. The van der Waals surface area contributed by atoms with Crippen LogP contribution in [0.2, 0.25) is 0 Å². The van der Waals surface area contributed by atoms with Crippen LogP contribution in [0, 0.1) is 0 Å². The van der Waals surface area contributed by atoms with Gasteiger partial charge in [-0.1, -0.05) is 13.8 Å². The molecule has 0 aliphatic rings. The van der Waals surface area contributed by atoms with Crippen molar-refractivity contribution in [2.45, 2.75) is 39.3 Å². The van der Waals surface area contributed by atoms with Crippen LogP contribution in [-0.2, 0) is 13.1 Å². The van der Waals surface area contributed by atoms with Gasteiger partial charge in [0.05, 0.1) is 0 Å². The zero-order chi connectivity index (χ0) is 13.5. The van der Waals surface area contributed by atoms with Crippen molar-refractivity contribution >= 4 is 0 Å². The summed E-state index contributed by atoms with van der Waals surface area (Å²) in [6, 6.07) is 0. The molecule has 2 aromatic rings. The molecule has 0 saturated carbocycles. The van der Waals surface area contributed by atoms with Crippen LogP contribution in [-0.4, -0.2) is 26.1 Å². The van der Waals surface area contributed by atoms with E-state index in [2.05, 4.69) is 44.9 Å². The van der Waals surface area contributed by atoms with Crippen LogP contribution in [0.5, 0.6) is 0 Å². The molecule has 2 rings (SSSR count). The predicted molar refractivity (Wildman–Crippen MR) is 74.7 cm³/mol. The van der Waals surface area contributed by atoms with Crippen LogP contribution in [0.4, 0.5) is 0 Å². The van der Waals surface area contributed by atoms with Gasteiger partial charge in [0.15, 0.2) is 0 Å². The van der Waals surface area contributed by atoms with E-state index in [0.717, 1.165) is 37.4 Å². The molecule has 0 aromatic carbocycles. The molecular formula is C14H21N5. The van der Waals surface area contributed by atoms with E-state index >= 15 is 0 Å². The Morgan fingerprint density at radius 1 is 1.26 bits per heavy atom. The number of rotatable bonds is 7. The van der Waals surface area contributed by atoms with Crippen LogP contribution in [0.15, 0.2) is 31.1 Å². The lowest BCUT2D eigenvalue weighted by Gasteiger charge is -2.10. The molecule has 0 radical (unpaired) electrons. The van der Waals surface area contributed by atoms with E-state index in [-0.39, 0.29) is 0 Å². The maximum atomic E-state index is 4.39. The Balaban J connectivity index is 1.68. The van der Waals surface area contributed by atoms with Crippen molar-refractivity contribution in [1.82, 2.24) is 24.8 Å². The Hall–Kier alpha value is -1.75. The standard InChI is InChI=1S/C14H21N5/c1-12(2)14-18-5-7-19(14)6-3-4-15-8-13-9-16-11-17-10-13/h5,7,9-12,15H,3-4,6,8H2,1-2H3. The van der Waals surface area contributed by atoms with Crippen molar-refractivity contribution < 1.29 is 0 Å². The topological polar surface area (TPSA) is 55.6 Å². The summed E-state index contributed by atoms with van der Waals surface area (Å²) in [5.41, 5.74) is 1.12. The van der Waals surface area contributed by atoms with Crippen molar-refractivity contribution in [2.75, 3.05) is 6.54 Å². The van der Waals surface area contributed by atoms with Crippen molar-refractivity contribution in [3.8, 4) is 0 Å². The fraction of sp³-hybridized carbons (Fsp3) is 0.500. The Morgan fingerprint density at radius 2 is 2.05 bits per heavy atom. The van der Waals surface area contributed by atoms with E-state index in [1.165, 1.54) is 0 Å². The monoisotopic (exact) mass is 259 g/mol. The molecule has 0 unspecified atom stereocenters. The Labute approximate surface area is 114 Å². The van der Waals surface area contributed by atoms with Crippen molar-refractivity contribution in [1.29, 1.82) is 0 Å². The van der Waals surface area contributed by atoms with Gasteiger partial charge in [0, 0.05) is 49.4 Å². The minimum absolute atomic E-state index is 0.476. The zero-order valence-electron chi connectivity index (χ0n) is 11.6. The molecule has 0 amide bonds. The molecule has 0 spiro atoms. The van der Waals surface area contributed by atoms with Gasteiger partial charge in [-0.25, -0.2) is 15.0 Å². The Morgan fingerprint density at radius 3 is 2.79 bits per heavy atom. The summed E-state index contributed by atoms with van der Waals surface area (Å²) in [5, 5.41) is 3.40. The van der Waals surface area contributed by atoms with Crippen LogP contribution in [0.25, 0.3) is 0 Å². The summed E-state index contributed by atoms with van der Waals surface area (Å²) in [6.07, 6.45) is 10.3. The Bertz CT molecular complexity index is 478. The molecule has 19 heavy (non-hydrogen) atoms. The number of imidazole rings is 1. The molecule has 5 nitrogen and oxygen atoms in total. The summed E-state index contributed by atoms with van der Waals surface area (Å²) in [6.45, 7) is 7.15. The SMILES string of the molecule is CC(C)c1nccn1CCCNCc1cncnc1. The number of aryl methyl sites for hydroxylation is 1. The van der Waals surface area contributed by atoms with E-state index in [0.29, 0.717) is 5.92 Å². The van der Waals surface area contributed by atoms with E-state index in [9.17, 15) is 0 Å². The highest BCUT2D eigenvalue weighted by Gasteiger charge is 2.05. The first kappa shape index (κ1) is 13.7. The smallest absolute Gasteiger partial charge is 0.115 e. The average molecular weight is 259 g/mol. The van der Waals surface area contributed by atoms with Gasteiger partial charge in [-0.2, -0.15) is 0 Å². The summed E-state index contributed by atoms with van der Waals surface area (Å²) < 4.78 is 2.23. The maximum Gasteiger partial charge on any atom is 0.115 e. The second-order valence-electron chi connectivity index (χ2n) is 4.91. The molecule has 5 heteroatoms. The van der Waals surface area contributed by atoms with Gasteiger partial charge in [-0.3, -0.25) is 0 Å². The molecule has 0 atom stereocenters. The van der Waals surface area contributed by atoms with Gasteiger partial charge in [0.1, 0.15) is 12.2 Å². The van der Waals surface area contributed by atoms with E-state index in [4.69, 9.17) is 0 Å². The lowest BCUT2D eigenvalue weighted by Crippen LogP contribution is -2.17. The third-order valence-corrected chi connectivity index (χ3v) is 2.96.